The number of hydrogen-bond acceptors (Lipinski definition) is 6. The molecule has 1 saturated heterocycles. The summed E-state index contributed by atoms with van der Waals surface area (Å²) in [6.45, 7) is 18.9. The van der Waals surface area contributed by atoms with Gasteiger partial charge in [0.25, 0.3) is 0 Å². The van der Waals surface area contributed by atoms with Crippen LogP contribution in [0.5, 0.6) is 0 Å². The van der Waals surface area contributed by atoms with Crippen LogP contribution in [0.25, 0.3) is 0 Å². The van der Waals surface area contributed by atoms with Crippen LogP contribution in [0.15, 0.2) is 6.07 Å². The Bertz CT molecular complexity index is 777. The number of piperidine rings is 1. The summed E-state index contributed by atoms with van der Waals surface area (Å²) in [7, 11) is -1.74. The lowest BCUT2D eigenvalue weighted by Crippen LogP contribution is -2.47. The molecule has 2 rings (SSSR count). The highest BCUT2D eigenvalue weighted by molar-refractivity contribution is 6.74. The molecule has 0 radical (unpaired) electrons. The molecule has 9 heteroatoms. The maximum Gasteiger partial charge on any atom is 0.410 e. The van der Waals surface area contributed by atoms with E-state index in [-0.39, 0.29) is 17.2 Å². The summed E-state index contributed by atoms with van der Waals surface area (Å²) >= 11 is 6.30. The number of carbonyl (C=O) groups is 1. The van der Waals surface area contributed by atoms with Gasteiger partial charge in [-0.2, -0.15) is 0 Å². The standard InChI is InChI=1S/C23H41ClN4O3Si/c1-22(2,3)31-21(29)28-13-9-12-18(16-28)25-19-15-17(20(24)27-26-19)11-10-14-30-32(7,8)23(4,5)6/h15,18H,9-14,16H2,1-8H3,(H,25,26)/t18-/m1/s1. The van der Waals surface area contributed by atoms with E-state index in [0.717, 1.165) is 31.2 Å². The van der Waals surface area contributed by atoms with Gasteiger partial charge in [-0.15, -0.1) is 10.2 Å². The van der Waals surface area contributed by atoms with Crippen LogP contribution in [0.4, 0.5) is 10.6 Å². The highest BCUT2D eigenvalue weighted by atomic mass is 35.5. The van der Waals surface area contributed by atoms with E-state index in [1.165, 1.54) is 0 Å². The van der Waals surface area contributed by atoms with Crippen molar-refractivity contribution in [1.29, 1.82) is 0 Å². The van der Waals surface area contributed by atoms with Gasteiger partial charge >= 0.3 is 6.09 Å². The van der Waals surface area contributed by atoms with Crippen molar-refractivity contribution < 1.29 is 14.0 Å². The van der Waals surface area contributed by atoms with E-state index in [0.29, 0.717) is 30.7 Å². The van der Waals surface area contributed by atoms with Crippen molar-refractivity contribution in [1.82, 2.24) is 15.1 Å². The maximum absolute atomic E-state index is 12.4. The third kappa shape index (κ3) is 8.19. The molecule has 32 heavy (non-hydrogen) atoms. The van der Waals surface area contributed by atoms with Crippen LogP contribution in [0.1, 0.15) is 66.4 Å². The molecule has 1 aliphatic heterocycles. The minimum absolute atomic E-state index is 0.0986. The van der Waals surface area contributed by atoms with Gasteiger partial charge in [-0.1, -0.05) is 32.4 Å². The fraction of sp³-hybridized carbons (Fsp3) is 0.783. The second-order valence-electron chi connectivity index (χ2n) is 11.2. The zero-order chi connectivity index (χ0) is 24.2. The molecule has 1 aromatic heterocycles. The SMILES string of the molecule is CC(C)(C)OC(=O)N1CCC[C@@H](Nc2cc(CCCO[Si](C)(C)C(C)(C)C)c(Cl)nn2)C1. The fourth-order valence-electron chi connectivity index (χ4n) is 3.26. The van der Waals surface area contributed by atoms with Crippen molar-refractivity contribution in [3.63, 3.8) is 0 Å². The van der Waals surface area contributed by atoms with Crippen LogP contribution < -0.4 is 5.32 Å². The molecule has 0 bridgehead atoms. The zero-order valence-corrected chi connectivity index (χ0v) is 22.8. The first kappa shape index (κ1) is 26.9. The molecule has 0 aliphatic carbocycles. The van der Waals surface area contributed by atoms with Crippen LogP contribution in [0, 0.1) is 0 Å². The summed E-state index contributed by atoms with van der Waals surface area (Å²) in [6.07, 6.45) is 3.27. The van der Waals surface area contributed by atoms with E-state index in [4.69, 9.17) is 20.8 Å². The Morgan fingerprint density at radius 3 is 2.56 bits per heavy atom. The minimum Gasteiger partial charge on any atom is -0.444 e. The average Bonchev–Trinajstić information content (AvgIpc) is 2.65. The third-order valence-corrected chi connectivity index (χ3v) is 11.0. The molecule has 0 spiro atoms. The number of carbonyl (C=O) groups excluding carboxylic acids is 1. The molecule has 0 unspecified atom stereocenters. The van der Waals surface area contributed by atoms with Crippen molar-refractivity contribution in [2.45, 2.75) is 97.0 Å². The van der Waals surface area contributed by atoms with E-state index in [9.17, 15) is 4.79 Å². The van der Waals surface area contributed by atoms with Gasteiger partial charge in [0.2, 0.25) is 0 Å². The lowest BCUT2D eigenvalue weighted by atomic mass is 10.1. The van der Waals surface area contributed by atoms with E-state index in [2.05, 4.69) is 49.4 Å². The molecule has 1 N–H and O–H groups in total. The fourth-order valence-corrected chi connectivity index (χ4v) is 4.54. The number of amides is 1. The normalized spacial score (nSPS) is 17.9. The number of halogens is 1. The number of likely N-dealkylation sites (tertiary alicyclic amines) is 1. The second kappa shape index (κ2) is 10.7. The minimum atomic E-state index is -1.74. The number of rotatable bonds is 7. The molecule has 1 fully saturated rings. The van der Waals surface area contributed by atoms with Crippen LogP contribution >= 0.6 is 11.6 Å². The van der Waals surface area contributed by atoms with E-state index < -0.39 is 13.9 Å². The van der Waals surface area contributed by atoms with Crippen LogP contribution in [0.2, 0.25) is 23.3 Å². The molecule has 0 aromatic carbocycles. The Kier molecular flexibility index (Phi) is 8.98. The highest BCUT2D eigenvalue weighted by Crippen LogP contribution is 2.36. The second-order valence-corrected chi connectivity index (χ2v) is 16.3. The number of anilines is 1. The summed E-state index contributed by atoms with van der Waals surface area (Å²) in [5.41, 5.74) is 0.463. The van der Waals surface area contributed by atoms with E-state index in [1.807, 2.05) is 26.8 Å². The number of ether oxygens (including phenoxy) is 1. The summed E-state index contributed by atoms with van der Waals surface area (Å²) < 4.78 is 11.8. The van der Waals surface area contributed by atoms with Crippen molar-refractivity contribution in [2.75, 3.05) is 25.0 Å². The van der Waals surface area contributed by atoms with Gasteiger partial charge in [0.15, 0.2) is 13.5 Å². The molecule has 1 atom stereocenters. The highest BCUT2D eigenvalue weighted by Gasteiger charge is 2.36. The molecule has 2 heterocycles. The Morgan fingerprint density at radius 2 is 1.94 bits per heavy atom. The lowest BCUT2D eigenvalue weighted by molar-refractivity contribution is 0.0206. The summed E-state index contributed by atoms with van der Waals surface area (Å²) in [4.78, 5) is 14.2. The van der Waals surface area contributed by atoms with Crippen molar-refractivity contribution in [3.05, 3.63) is 16.8 Å². The zero-order valence-electron chi connectivity index (χ0n) is 21.0. The predicted octanol–water partition coefficient (Wildman–Crippen LogP) is 5.90. The largest absolute Gasteiger partial charge is 0.444 e. The quantitative estimate of drug-likeness (QED) is 0.383. The van der Waals surface area contributed by atoms with Crippen molar-refractivity contribution in [3.8, 4) is 0 Å². The smallest absolute Gasteiger partial charge is 0.410 e. The molecule has 0 saturated carbocycles. The monoisotopic (exact) mass is 484 g/mol. The van der Waals surface area contributed by atoms with Gasteiger partial charge in [0.05, 0.1) is 0 Å². The number of nitrogens with zero attached hydrogens (tertiary/aromatic N) is 3. The number of hydrogen-bond donors (Lipinski definition) is 1. The molecular weight excluding hydrogens is 444 g/mol. The number of aryl methyl sites for hydroxylation is 1. The Labute approximate surface area is 199 Å². The van der Waals surface area contributed by atoms with Gasteiger partial charge < -0.3 is 19.4 Å². The first-order valence-electron chi connectivity index (χ1n) is 11.6. The van der Waals surface area contributed by atoms with E-state index >= 15 is 0 Å². The summed E-state index contributed by atoms with van der Waals surface area (Å²) in [5, 5.41) is 12.4. The summed E-state index contributed by atoms with van der Waals surface area (Å²) in [6, 6.07) is 2.06. The molecule has 1 aliphatic rings. The third-order valence-electron chi connectivity index (χ3n) is 6.11. The Hall–Kier alpha value is -1.38. The Balaban J connectivity index is 1.91. The van der Waals surface area contributed by atoms with Gasteiger partial charge in [-0.05, 0) is 76.2 Å². The molecule has 182 valence electrons. The van der Waals surface area contributed by atoms with Gasteiger partial charge in [0, 0.05) is 25.7 Å². The molecule has 1 amide bonds. The van der Waals surface area contributed by atoms with Crippen LogP contribution in [-0.2, 0) is 15.6 Å². The van der Waals surface area contributed by atoms with Crippen LogP contribution in [0.3, 0.4) is 0 Å². The number of aromatic nitrogens is 2. The number of nitrogens with one attached hydrogen (secondary N) is 1. The molecule has 7 nitrogen and oxygen atoms in total. The average molecular weight is 485 g/mol. The van der Waals surface area contributed by atoms with Crippen molar-refractivity contribution in [2.24, 2.45) is 0 Å². The predicted molar refractivity (Wildman–Crippen MR) is 133 cm³/mol. The van der Waals surface area contributed by atoms with Crippen molar-refractivity contribution >= 4 is 31.8 Å². The first-order chi connectivity index (χ1) is 14.7. The van der Waals surface area contributed by atoms with Crippen LogP contribution in [-0.4, -0.2) is 60.8 Å². The lowest BCUT2D eigenvalue weighted by Gasteiger charge is -2.36. The molecular formula is C23H41ClN4O3Si. The Morgan fingerprint density at radius 1 is 1.25 bits per heavy atom. The maximum atomic E-state index is 12.4. The van der Waals surface area contributed by atoms with Gasteiger partial charge in [0.1, 0.15) is 11.4 Å². The van der Waals surface area contributed by atoms with Gasteiger partial charge in [-0.25, -0.2) is 4.79 Å². The molecule has 1 aromatic rings. The van der Waals surface area contributed by atoms with E-state index in [1.54, 1.807) is 4.90 Å². The summed E-state index contributed by atoms with van der Waals surface area (Å²) in [5.74, 6) is 0.686. The first-order valence-corrected chi connectivity index (χ1v) is 14.9. The topological polar surface area (TPSA) is 76.6 Å². The van der Waals surface area contributed by atoms with Gasteiger partial charge in [-0.3, -0.25) is 0 Å².